The Labute approximate surface area is 87.1 Å². The van der Waals surface area contributed by atoms with Gasteiger partial charge in [0.05, 0.1) is 12.0 Å². The molecule has 0 saturated heterocycles. The van der Waals surface area contributed by atoms with Gasteiger partial charge < -0.3 is 0 Å². The lowest BCUT2D eigenvalue weighted by atomic mass is 9.90. The van der Waals surface area contributed by atoms with Gasteiger partial charge in [0.1, 0.15) is 6.33 Å². The van der Waals surface area contributed by atoms with E-state index in [0.29, 0.717) is 5.25 Å². The highest BCUT2D eigenvalue weighted by Gasteiger charge is 2.26. The molecule has 1 aromatic rings. The molecule has 2 rings (SSSR count). The zero-order valence-corrected chi connectivity index (χ0v) is 8.63. The molecule has 14 heavy (non-hydrogen) atoms. The third-order valence-electron chi connectivity index (χ3n) is 2.52. The van der Waals surface area contributed by atoms with Gasteiger partial charge in [0.25, 0.3) is 0 Å². The molecule has 0 aromatic carbocycles. The van der Waals surface area contributed by atoms with E-state index >= 15 is 0 Å². The highest BCUT2D eigenvalue weighted by Crippen LogP contribution is 2.35. The van der Waals surface area contributed by atoms with Crippen molar-refractivity contribution in [2.24, 2.45) is 5.92 Å². The molecule has 0 bridgehead atoms. The maximum absolute atomic E-state index is 8.98. The summed E-state index contributed by atoms with van der Waals surface area (Å²) in [4.78, 5) is 4.07. The van der Waals surface area contributed by atoms with Gasteiger partial charge in [-0.2, -0.15) is 10.4 Å². The summed E-state index contributed by atoms with van der Waals surface area (Å²) in [5.74, 6) is 0.179. The molecule has 1 aliphatic rings. The molecule has 0 radical (unpaired) electrons. The maximum atomic E-state index is 8.98. The van der Waals surface area contributed by atoms with E-state index in [2.05, 4.69) is 21.3 Å². The molecule has 0 aliphatic heterocycles. The van der Waals surface area contributed by atoms with Gasteiger partial charge in [-0.15, -0.1) is 0 Å². The molecule has 1 saturated carbocycles. The van der Waals surface area contributed by atoms with Crippen molar-refractivity contribution in [2.75, 3.05) is 0 Å². The number of hydrogen-bond acceptors (Lipinski definition) is 4. The first-order valence-electron chi connectivity index (χ1n) is 4.82. The fraction of sp³-hybridized carbons (Fsp3) is 0.667. The third kappa shape index (κ3) is 2.07. The van der Waals surface area contributed by atoms with Gasteiger partial charge in [-0.3, -0.25) is 5.10 Å². The Morgan fingerprint density at radius 2 is 2.36 bits per heavy atom. The van der Waals surface area contributed by atoms with Crippen LogP contribution in [0.5, 0.6) is 0 Å². The first kappa shape index (κ1) is 9.53. The van der Waals surface area contributed by atoms with Crippen LogP contribution in [0.15, 0.2) is 11.5 Å². The molecule has 0 spiro atoms. The number of thioether (sulfide) groups is 1. The number of hydrogen-bond donors (Lipinski definition) is 1. The van der Waals surface area contributed by atoms with E-state index in [-0.39, 0.29) is 5.92 Å². The van der Waals surface area contributed by atoms with Gasteiger partial charge >= 0.3 is 0 Å². The smallest absolute Gasteiger partial charge is 0.183 e. The van der Waals surface area contributed by atoms with Crippen LogP contribution in [0.25, 0.3) is 0 Å². The van der Waals surface area contributed by atoms with Crippen molar-refractivity contribution in [1.29, 1.82) is 5.26 Å². The second-order valence-corrected chi connectivity index (χ2v) is 4.69. The Balaban J connectivity index is 1.99. The van der Waals surface area contributed by atoms with E-state index < -0.39 is 0 Å². The van der Waals surface area contributed by atoms with Crippen LogP contribution in [0.1, 0.15) is 25.7 Å². The summed E-state index contributed by atoms with van der Waals surface area (Å²) < 4.78 is 0. The second kappa shape index (κ2) is 4.47. The molecule has 74 valence electrons. The average molecular weight is 208 g/mol. The van der Waals surface area contributed by atoms with Crippen LogP contribution in [-0.2, 0) is 0 Å². The Hall–Kier alpha value is -1.02. The standard InChI is InChI=1S/C9H12N4S/c10-5-7-3-1-2-4-8(7)14-9-11-6-12-13-9/h6-8H,1-4H2,(H,11,12,13). The van der Waals surface area contributed by atoms with Crippen LogP contribution >= 0.6 is 11.8 Å². The topological polar surface area (TPSA) is 65.4 Å². The maximum Gasteiger partial charge on any atom is 0.183 e. The number of H-pyrrole nitrogens is 1. The number of aromatic amines is 1. The fourth-order valence-corrected chi connectivity index (χ4v) is 2.93. The summed E-state index contributed by atoms with van der Waals surface area (Å²) in [6.45, 7) is 0. The summed E-state index contributed by atoms with van der Waals surface area (Å²) in [7, 11) is 0. The molecule has 1 aliphatic carbocycles. The highest BCUT2D eigenvalue weighted by atomic mass is 32.2. The van der Waals surface area contributed by atoms with Crippen molar-refractivity contribution in [2.45, 2.75) is 36.1 Å². The fourth-order valence-electron chi connectivity index (χ4n) is 1.78. The normalized spacial score (nSPS) is 27.1. The van der Waals surface area contributed by atoms with Gasteiger partial charge in [-0.25, -0.2) is 4.98 Å². The van der Waals surface area contributed by atoms with Crippen molar-refractivity contribution in [3.63, 3.8) is 0 Å². The Bertz CT molecular complexity index is 316. The molecule has 2 atom stereocenters. The Kier molecular flexibility index (Phi) is 3.04. The van der Waals surface area contributed by atoms with E-state index in [1.165, 1.54) is 19.2 Å². The minimum absolute atomic E-state index is 0.179. The molecular formula is C9H12N4S. The first-order valence-corrected chi connectivity index (χ1v) is 5.70. The van der Waals surface area contributed by atoms with Crippen LogP contribution in [0.3, 0.4) is 0 Å². The summed E-state index contributed by atoms with van der Waals surface area (Å²) in [6.07, 6.45) is 6.06. The van der Waals surface area contributed by atoms with Crippen molar-refractivity contribution in [3.05, 3.63) is 6.33 Å². The number of nitrogens with zero attached hydrogens (tertiary/aromatic N) is 3. The number of nitriles is 1. The minimum atomic E-state index is 0.179. The summed E-state index contributed by atoms with van der Waals surface area (Å²) in [5.41, 5.74) is 0. The van der Waals surface area contributed by atoms with Gasteiger partial charge in [-0.1, -0.05) is 24.6 Å². The first-order chi connectivity index (χ1) is 6.90. The summed E-state index contributed by atoms with van der Waals surface area (Å²) in [6, 6.07) is 2.38. The zero-order valence-electron chi connectivity index (χ0n) is 7.81. The lowest BCUT2D eigenvalue weighted by Crippen LogP contribution is -2.20. The molecule has 1 fully saturated rings. The van der Waals surface area contributed by atoms with Crippen molar-refractivity contribution >= 4 is 11.8 Å². The molecular weight excluding hydrogens is 196 g/mol. The van der Waals surface area contributed by atoms with Crippen LogP contribution in [-0.4, -0.2) is 20.4 Å². The molecule has 5 heteroatoms. The van der Waals surface area contributed by atoms with Gasteiger partial charge in [0.2, 0.25) is 0 Å². The number of aromatic nitrogens is 3. The van der Waals surface area contributed by atoms with Gasteiger partial charge in [0, 0.05) is 5.25 Å². The zero-order chi connectivity index (χ0) is 9.80. The van der Waals surface area contributed by atoms with E-state index in [1.807, 2.05) is 0 Å². The molecule has 4 nitrogen and oxygen atoms in total. The predicted octanol–water partition coefficient (Wildman–Crippen LogP) is 1.98. The lowest BCUT2D eigenvalue weighted by Gasteiger charge is -2.24. The quantitative estimate of drug-likeness (QED) is 0.807. The van der Waals surface area contributed by atoms with Crippen LogP contribution in [0.2, 0.25) is 0 Å². The Morgan fingerprint density at radius 3 is 3.07 bits per heavy atom. The Morgan fingerprint density at radius 1 is 1.50 bits per heavy atom. The van der Waals surface area contributed by atoms with E-state index in [4.69, 9.17) is 5.26 Å². The van der Waals surface area contributed by atoms with Crippen LogP contribution < -0.4 is 0 Å². The number of nitrogens with one attached hydrogen (secondary N) is 1. The van der Waals surface area contributed by atoms with Crippen molar-refractivity contribution in [3.8, 4) is 6.07 Å². The van der Waals surface area contributed by atoms with Gasteiger partial charge in [0.15, 0.2) is 5.16 Å². The molecule has 1 heterocycles. The van der Waals surface area contributed by atoms with Crippen LogP contribution in [0, 0.1) is 17.2 Å². The third-order valence-corrected chi connectivity index (χ3v) is 3.81. The van der Waals surface area contributed by atoms with Gasteiger partial charge in [-0.05, 0) is 12.8 Å². The van der Waals surface area contributed by atoms with E-state index in [1.54, 1.807) is 11.8 Å². The van der Waals surface area contributed by atoms with Crippen molar-refractivity contribution in [1.82, 2.24) is 15.2 Å². The number of rotatable bonds is 2. The van der Waals surface area contributed by atoms with Crippen molar-refractivity contribution < 1.29 is 0 Å². The summed E-state index contributed by atoms with van der Waals surface area (Å²) >= 11 is 1.65. The second-order valence-electron chi connectivity index (χ2n) is 3.47. The monoisotopic (exact) mass is 208 g/mol. The minimum Gasteiger partial charge on any atom is -0.254 e. The van der Waals surface area contributed by atoms with E-state index in [0.717, 1.165) is 18.0 Å². The lowest BCUT2D eigenvalue weighted by molar-refractivity contribution is 0.439. The molecule has 1 N–H and O–H groups in total. The molecule has 2 unspecified atom stereocenters. The molecule has 1 aromatic heterocycles. The summed E-state index contributed by atoms with van der Waals surface area (Å²) in [5, 5.41) is 16.8. The SMILES string of the molecule is N#CC1CCCCC1Sc1ncn[nH]1. The van der Waals surface area contributed by atoms with E-state index in [9.17, 15) is 0 Å². The highest BCUT2D eigenvalue weighted by molar-refractivity contribution is 7.99. The van der Waals surface area contributed by atoms with Crippen LogP contribution in [0.4, 0.5) is 0 Å². The average Bonchev–Trinajstić information content (AvgIpc) is 2.71. The molecule has 0 amide bonds. The predicted molar refractivity (Wildman–Crippen MR) is 53.6 cm³/mol. The largest absolute Gasteiger partial charge is 0.254 e.